The third-order valence-corrected chi connectivity index (χ3v) is 2.71. The molecule has 1 amide bonds. The van der Waals surface area contributed by atoms with Crippen LogP contribution >= 0.6 is 0 Å². The number of aryl methyl sites for hydroxylation is 1. The molecule has 0 saturated carbocycles. The van der Waals surface area contributed by atoms with E-state index in [-0.39, 0.29) is 16.8 Å². The van der Waals surface area contributed by atoms with Crippen LogP contribution in [0.25, 0.3) is 0 Å². The average Bonchev–Trinajstić information content (AvgIpc) is 2.26. The van der Waals surface area contributed by atoms with Gasteiger partial charge < -0.3 is 15.5 Å². The first-order valence-corrected chi connectivity index (χ1v) is 5.41. The van der Waals surface area contributed by atoms with E-state index >= 15 is 0 Å². The van der Waals surface area contributed by atoms with E-state index in [1.165, 1.54) is 13.0 Å². The normalized spacial score (nSPS) is 14.5. The first kappa shape index (κ1) is 16.0. The number of rotatable bonds is 3. The number of nitrogens with one attached hydrogen (secondary N) is 1. The van der Waals surface area contributed by atoms with Crippen LogP contribution in [0.3, 0.4) is 0 Å². The van der Waals surface area contributed by atoms with E-state index in [0.717, 1.165) is 12.1 Å². The summed E-state index contributed by atoms with van der Waals surface area (Å²) in [6.45, 7) is 1.77. The standard InChI is InChI=1S/C12H12F3NO4/c1-6-5-7(3-4-8(6)9(17)18)16-10(19)11(2,20)12(13,14)15/h3-5,20H,1-2H3,(H,16,19)(H,17,18). The van der Waals surface area contributed by atoms with Gasteiger partial charge in [-0.3, -0.25) is 4.79 Å². The first-order valence-electron chi connectivity index (χ1n) is 5.41. The molecule has 8 heteroatoms. The van der Waals surface area contributed by atoms with Crippen molar-refractivity contribution in [2.45, 2.75) is 25.6 Å². The Kier molecular flexibility index (Phi) is 4.09. The summed E-state index contributed by atoms with van der Waals surface area (Å²) in [5.74, 6) is -2.84. The van der Waals surface area contributed by atoms with Crippen molar-refractivity contribution in [1.82, 2.24) is 0 Å². The zero-order chi connectivity index (χ0) is 15.7. The lowest BCUT2D eigenvalue weighted by atomic mass is 10.0. The lowest BCUT2D eigenvalue weighted by molar-refractivity contribution is -0.242. The van der Waals surface area contributed by atoms with Crippen molar-refractivity contribution in [1.29, 1.82) is 0 Å². The van der Waals surface area contributed by atoms with Crippen molar-refractivity contribution < 1.29 is 33.0 Å². The summed E-state index contributed by atoms with van der Waals surface area (Å²) < 4.78 is 37.3. The van der Waals surface area contributed by atoms with Gasteiger partial charge in [0.05, 0.1) is 5.56 Å². The smallest absolute Gasteiger partial charge is 0.426 e. The molecule has 0 fully saturated rings. The summed E-state index contributed by atoms with van der Waals surface area (Å²) in [5.41, 5.74) is -3.35. The largest absolute Gasteiger partial charge is 0.478 e. The average molecular weight is 291 g/mol. The molecule has 0 aromatic heterocycles. The summed E-state index contributed by atoms with van der Waals surface area (Å²) >= 11 is 0. The van der Waals surface area contributed by atoms with E-state index in [2.05, 4.69) is 0 Å². The van der Waals surface area contributed by atoms with Crippen LogP contribution in [0.15, 0.2) is 18.2 Å². The van der Waals surface area contributed by atoms with Crippen LogP contribution in [0.4, 0.5) is 18.9 Å². The van der Waals surface area contributed by atoms with E-state index in [4.69, 9.17) is 10.2 Å². The number of hydrogen-bond donors (Lipinski definition) is 3. The van der Waals surface area contributed by atoms with Crippen LogP contribution in [-0.2, 0) is 4.79 Å². The molecular weight excluding hydrogens is 279 g/mol. The van der Waals surface area contributed by atoms with Crippen LogP contribution in [0.1, 0.15) is 22.8 Å². The predicted octanol–water partition coefficient (Wildman–Crippen LogP) is 1.95. The maximum absolute atomic E-state index is 12.4. The lowest BCUT2D eigenvalue weighted by Gasteiger charge is -2.24. The Hall–Kier alpha value is -2.09. The maximum atomic E-state index is 12.4. The number of aromatic carboxylic acids is 1. The van der Waals surface area contributed by atoms with Crippen molar-refractivity contribution in [2.24, 2.45) is 0 Å². The molecule has 0 radical (unpaired) electrons. The Bertz CT molecular complexity index is 552. The van der Waals surface area contributed by atoms with E-state index in [1.54, 1.807) is 0 Å². The van der Waals surface area contributed by atoms with Gasteiger partial charge in [-0.1, -0.05) is 0 Å². The molecule has 0 bridgehead atoms. The number of hydrogen-bond acceptors (Lipinski definition) is 3. The van der Waals surface area contributed by atoms with Crippen molar-refractivity contribution in [3.05, 3.63) is 29.3 Å². The highest BCUT2D eigenvalue weighted by Crippen LogP contribution is 2.31. The number of carboxylic acids is 1. The van der Waals surface area contributed by atoms with Gasteiger partial charge >= 0.3 is 12.1 Å². The van der Waals surface area contributed by atoms with Gasteiger partial charge in [-0.25, -0.2) is 4.79 Å². The Labute approximate surface area is 112 Å². The highest BCUT2D eigenvalue weighted by atomic mass is 19.4. The first-order chi connectivity index (χ1) is 8.96. The molecule has 0 aliphatic carbocycles. The van der Waals surface area contributed by atoms with E-state index in [1.807, 2.05) is 5.32 Å². The van der Waals surface area contributed by atoms with Gasteiger partial charge in [0.2, 0.25) is 5.60 Å². The second-order valence-corrected chi connectivity index (χ2v) is 4.36. The Morgan fingerprint density at radius 1 is 1.25 bits per heavy atom. The molecule has 20 heavy (non-hydrogen) atoms. The molecule has 1 rings (SSSR count). The molecule has 5 nitrogen and oxygen atoms in total. The van der Waals surface area contributed by atoms with Gasteiger partial charge in [0.15, 0.2) is 0 Å². The van der Waals surface area contributed by atoms with Gasteiger partial charge in [-0.2, -0.15) is 13.2 Å². The van der Waals surface area contributed by atoms with Crippen LogP contribution in [-0.4, -0.2) is 33.9 Å². The minimum Gasteiger partial charge on any atom is -0.478 e. The summed E-state index contributed by atoms with van der Waals surface area (Å²) in [6.07, 6.45) is -5.12. The highest BCUT2D eigenvalue weighted by molar-refractivity contribution is 5.98. The quantitative estimate of drug-likeness (QED) is 0.794. The number of halogens is 3. The van der Waals surface area contributed by atoms with E-state index < -0.39 is 23.7 Å². The summed E-state index contributed by atoms with van der Waals surface area (Å²) in [6, 6.07) is 3.49. The van der Waals surface area contributed by atoms with Gasteiger partial charge in [-0.05, 0) is 37.6 Å². The van der Waals surface area contributed by atoms with Crippen LogP contribution < -0.4 is 5.32 Å². The lowest BCUT2D eigenvalue weighted by Crippen LogP contribution is -2.52. The van der Waals surface area contributed by atoms with Crippen molar-refractivity contribution in [3.8, 4) is 0 Å². The maximum Gasteiger partial charge on any atom is 0.426 e. The second kappa shape index (κ2) is 5.12. The number of carboxylic acid groups (broad SMARTS) is 1. The second-order valence-electron chi connectivity index (χ2n) is 4.36. The van der Waals surface area contributed by atoms with Crippen molar-refractivity contribution in [3.63, 3.8) is 0 Å². The molecule has 3 N–H and O–H groups in total. The number of carbonyl (C=O) groups excluding carboxylic acids is 1. The number of benzene rings is 1. The topological polar surface area (TPSA) is 86.6 Å². The van der Waals surface area contributed by atoms with E-state index in [0.29, 0.717) is 6.92 Å². The molecule has 0 heterocycles. The molecule has 0 saturated heterocycles. The van der Waals surface area contributed by atoms with Crippen molar-refractivity contribution in [2.75, 3.05) is 5.32 Å². The summed E-state index contributed by atoms with van der Waals surface area (Å²) in [7, 11) is 0. The summed E-state index contributed by atoms with van der Waals surface area (Å²) in [5, 5.41) is 19.9. The zero-order valence-electron chi connectivity index (χ0n) is 10.6. The highest BCUT2D eigenvalue weighted by Gasteiger charge is 2.55. The SMILES string of the molecule is Cc1cc(NC(=O)C(C)(O)C(F)(F)F)ccc1C(=O)O. The summed E-state index contributed by atoms with van der Waals surface area (Å²) in [4.78, 5) is 22.2. The fraction of sp³-hybridized carbons (Fsp3) is 0.333. The Balaban J connectivity index is 2.98. The predicted molar refractivity (Wildman–Crippen MR) is 63.4 cm³/mol. The molecule has 110 valence electrons. The van der Waals surface area contributed by atoms with Gasteiger partial charge in [0.1, 0.15) is 0 Å². The third kappa shape index (κ3) is 3.08. The minimum atomic E-state index is -5.12. The third-order valence-electron chi connectivity index (χ3n) is 2.71. The van der Waals surface area contributed by atoms with Gasteiger partial charge in [0.25, 0.3) is 5.91 Å². The number of amides is 1. The fourth-order valence-electron chi connectivity index (χ4n) is 1.36. The monoisotopic (exact) mass is 291 g/mol. The zero-order valence-corrected chi connectivity index (χ0v) is 10.6. The molecule has 1 aromatic rings. The fourth-order valence-corrected chi connectivity index (χ4v) is 1.36. The molecule has 0 aliphatic heterocycles. The van der Waals surface area contributed by atoms with Crippen LogP contribution in [0.2, 0.25) is 0 Å². The molecule has 1 aromatic carbocycles. The minimum absolute atomic E-state index is 0.0365. The van der Waals surface area contributed by atoms with E-state index in [9.17, 15) is 22.8 Å². The van der Waals surface area contributed by atoms with Gasteiger partial charge in [-0.15, -0.1) is 0 Å². The van der Waals surface area contributed by atoms with Gasteiger partial charge in [0, 0.05) is 5.69 Å². The molecule has 0 aliphatic rings. The van der Waals surface area contributed by atoms with Crippen molar-refractivity contribution >= 4 is 17.6 Å². The Morgan fingerprint density at radius 2 is 1.80 bits per heavy atom. The molecule has 0 spiro atoms. The van der Waals surface area contributed by atoms with Crippen LogP contribution in [0, 0.1) is 6.92 Å². The Morgan fingerprint density at radius 3 is 2.20 bits per heavy atom. The molecule has 1 atom stereocenters. The number of carbonyl (C=O) groups is 2. The number of alkyl halides is 3. The molecule has 1 unspecified atom stereocenters. The van der Waals surface area contributed by atoms with Crippen LogP contribution in [0.5, 0.6) is 0 Å². The number of anilines is 1. The number of aliphatic hydroxyl groups is 1. The molecular formula is C12H12F3NO4.